The zero-order valence-corrected chi connectivity index (χ0v) is 13.2. The molecule has 0 spiro atoms. The molecule has 22 heavy (non-hydrogen) atoms. The molecule has 1 aromatic heterocycles. The van der Waals surface area contributed by atoms with Gasteiger partial charge >= 0.3 is 0 Å². The summed E-state index contributed by atoms with van der Waals surface area (Å²) in [6.45, 7) is 5.69. The van der Waals surface area contributed by atoms with Crippen molar-refractivity contribution in [3.8, 4) is 0 Å². The van der Waals surface area contributed by atoms with Gasteiger partial charge < -0.3 is 5.11 Å². The van der Waals surface area contributed by atoms with Crippen LogP contribution in [0.5, 0.6) is 0 Å². The molecule has 2 heterocycles. The summed E-state index contributed by atoms with van der Waals surface area (Å²) >= 11 is 0. The second-order valence-corrected chi connectivity index (χ2v) is 6.25. The van der Waals surface area contributed by atoms with Gasteiger partial charge in [-0.15, -0.1) is 0 Å². The summed E-state index contributed by atoms with van der Waals surface area (Å²) in [5.74, 6) is 0.372. The minimum Gasteiger partial charge on any atom is -0.391 e. The Balaban J connectivity index is 1.53. The summed E-state index contributed by atoms with van der Waals surface area (Å²) in [5, 5.41) is 14.8. The van der Waals surface area contributed by atoms with E-state index in [2.05, 4.69) is 47.4 Å². The summed E-state index contributed by atoms with van der Waals surface area (Å²) in [5.41, 5.74) is 2.56. The summed E-state index contributed by atoms with van der Waals surface area (Å²) in [7, 11) is 0. The molecule has 0 bridgehead atoms. The molecule has 0 radical (unpaired) electrons. The minimum absolute atomic E-state index is 0.241. The number of aryl methyl sites for hydroxylation is 1. The predicted molar refractivity (Wildman–Crippen MR) is 87.4 cm³/mol. The predicted octanol–water partition coefficient (Wildman–Crippen LogP) is 2.33. The molecule has 0 amide bonds. The zero-order valence-electron chi connectivity index (χ0n) is 13.2. The molecule has 4 heteroatoms. The van der Waals surface area contributed by atoms with Crippen LogP contribution in [0.1, 0.15) is 24.5 Å². The topological polar surface area (TPSA) is 41.3 Å². The molecule has 0 aliphatic carbocycles. The molecule has 1 aliphatic heterocycles. The number of aliphatic hydroxyl groups is 1. The Bertz CT molecular complexity index is 581. The SMILES string of the molecule is CCn1cc(CN2CC[C@H](Cc3ccccc3)[C@H](O)C2)cn1. The van der Waals surface area contributed by atoms with Gasteiger partial charge in [-0.25, -0.2) is 0 Å². The van der Waals surface area contributed by atoms with E-state index in [0.717, 1.165) is 39.0 Å². The largest absolute Gasteiger partial charge is 0.391 e. The lowest BCUT2D eigenvalue weighted by Crippen LogP contribution is -2.44. The highest BCUT2D eigenvalue weighted by atomic mass is 16.3. The molecule has 118 valence electrons. The van der Waals surface area contributed by atoms with Crippen LogP contribution in [0.3, 0.4) is 0 Å². The van der Waals surface area contributed by atoms with Gasteiger partial charge in [0.1, 0.15) is 0 Å². The molecule has 1 aliphatic rings. The van der Waals surface area contributed by atoms with Crippen molar-refractivity contribution in [2.75, 3.05) is 13.1 Å². The third-order valence-electron chi connectivity index (χ3n) is 4.56. The van der Waals surface area contributed by atoms with Crippen LogP contribution in [0, 0.1) is 5.92 Å². The van der Waals surface area contributed by atoms with Crippen LogP contribution in [0.2, 0.25) is 0 Å². The van der Waals surface area contributed by atoms with E-state index < -0.39 is 0 Å². The van der Waals surface area contributed by atoms with E-state index in [1.54, 1.807) is 0 Å². The molecule has 4 nitrogen and oxygen atoms in total. The van der Waals surface area contributed by atoms with Crippen LogP contribution in [0.15, 0.2) is 42.7 Å². The summed E-state index contributed by atoms with van der Waals surface area (Å²) in [6.07, 6.45) is 5.82. The highest BCUT2D eigenvalue weighted by Crippen LogP contribution is 2.23. The van der Waals surface area contributed by atoms with Gasteiger partial charge in [0.05, 0.1) is 12.3 Å². The number of aliphatic hydroxyl groups excluding tert-OH is 1. The van der Waals surface area contributed by atoms with E-state index >= 15 is 0 Å². The lowest BCUT2D eigenvalue weighted by Gasteiger charge is -2.35. The van der Waals surface area contributed by atoms with Crippen molar-refractivity contribution >= 4 is 0 Å². The molecule has 1 aromatic carbocycles. The molecular formula is C18H25N3O. The zero-order chi connectivity index (χ0) is 15.4. The number of likely N-dealkylation sites (tertiary alicyclic amines) is 1. The Morgan fingerprint density at radius 2 is 2.05 bits per heavy atom. The van der Waals surface area contributed by atoms with Crippen molar-refractivity contribution < 1.29 is 5.11 Å². The average molecular weight is 299 g/mol. The highest BCUT2D eigenvalue weighted by molar-refractivity contribution is 5.15. The number of nitrogens with zero attached hydrogens (tertiary/aromatic N) is 3. The van der Waals surface area contributed by atoms with Gasteiger partial charge in [0.25, 0.3) is 0 Å². The van der Waals surface area contributed by atoms with Crippen molar-refractivity contribution in [3.63, 3.8) is 0 Å². The lowest BCUT2D eigenvalue weighted by molar-refractivity contribution is 0.0187. The first-order valence-corrected chi connectivity index (χ1v) is 8.20. The number of benzene rings is 1. The maximum Gasteiger partial charge on any atom is 0.0699 e. The summed E-state index contributed by atoms with van der Waals surface area (Å²) in [6, 6.07) is 10.5. The fraction of sp³-hybridized carbons (Fsp3) is 0.500. The second kappa shape index (κ2) is 7.07. The standard InChI is InChI=1S/C18H25N3O/c1-2-21-13-16(11-19-21)12-20-9-8-17(18(22)14-20)10-15-6-4-3-5-7-15/h3-7,11,13,17-18,22H,2,8-10,12,14H2,1H3/t17-,18-/m1/s1. The third-order valence-corrected chi connectivity index (χ3v) is 4.56. The first kappa shape index (κ1) is 15.3. The summed E-state index contributed by atoms with van der Waals surface area (Å²) < 4.78 is 1.95. The molecule has 1 saturated heterocycles. The third kappa shape index (κ3) is 3.76. The van der Waals surface area contributed by atoms with E-state index in [-0.39, 0.29) is 6.10 Å². The summed E-state index contributed by atoms with van der Waals surface area (Å²) in [4.78, 5) is 2.34. The minimum atomic E-state index is -0.241. The van der Waals surface area contributed by atoms with E-state index in [9.17, 15) is 5.11 Å². The highest BCUT2D eigenvalue weighted by Gasteiger charge is 2.27. The number of aromatic nitrogens is 2. The van der Waals surface area contributed by atoms with Crippen LogP contribution < -0.4 is 0 Å². The van der Waals surface area contributed by atoms with E-state index in [1.807, 2.05) is 16.9 Å². The number of hydrogen-bond acceptors (Lipinski definition) is 3. The van der Waals surface area contributed by atoms with Crippen LogP contribution in [0.25, 0.3) is 0 Å². The van der Waals surface area contributed by atoms with Gasteiger partial charge in [-0.3, -0.25) is 9.58 Å². The Morgan fingerprint density at radius 3 is 2.73 bits per heavy atom. The number of rotatable bonds is 5. The van der Waals surface area contributed by atoms with Crippen molar-refractivity contribution in [1.82, 2.24) is 14.7 Å². The van der Waals surface area contributed by atoms with E-state index in [4.69, 9.17) is 0 Å². The van der Waals surface area contributed by atoms with Crippen molar-refractivity contribution in [2.24, 2.45) is 5.92 Å². The van der Waals surface area contributed by atoms with Crippen molar-refractivity contribution in [2.45, 2.75) is 39.0 Å². The van der Waals surface area contributed by atoms with Crippen molar-refractivity contribution in [3.05, 3.63) is 53.9 Å². The number of piperidine rings is 1. The second-order valence-electron chi connectivity index (χ2n) is 6.25. The Kier molecular flexibility index (Phi) is 4.90. The van der Waals surface area contributed by atoms with Crippen LogP contribution in [-0.2, 0) is 19.5 Å². The van der Waals surface area contributed by atoms with Crippen LogP contribution in [-0.4, -0.2) is 39.0 Å². The molecule has 2 atom stereocenters. The fourth-order valence-electron chi connectivity index (χ4n) is 3.26. The lowest BCUT2D eigenvalue weighted by atomic mass is 9.88. The first-order chi connectivity index (χ1) is 10.7. The van der Waals surface area contributed by atoms with Crippen LogP contribution in [0.4, 0.5) is 0 Å². The van der Waals surface area contributed by atoms with E-state index in [1.165, 1.54) is 11.1 Å². The molecular weight excluding hydrogens is 274 g/mol. The van der Waals surface area contributed by atoms with Crippen LogP contribution >= 0.6 is 0 Å². The maximum absolute atomic E-state index is 10.5. The van der Waals surface area contributed by atoms with Crippen molar-refractivity contribution in [1.29, 1.82) is 0 Å². The molecule has 1 fully saturated rings. The van der Waals surface area contributed by atoms with Gasteiger partial charge in [0.2, 0.25) is 0 Å². The normalized spacial score (nSPS) is 22.8. The number of hydrogen-bond donors (Lipinski definition) is 1. The van der Waals surface area contributed by atoms with Gasteiger partial charge in [0, 0.05) is 31.4 Å². The van der Waals surface area contributed by atoms with E-state index in [0.29, 0.717) is 5.92 Å². The van der Waals surface area contributed by atoms with Gasteiger partial charge in [-0.2, -0.15) is 5.10 Å². The molecule has 3 rings (SSSR count). The molecule has 2 aromatic rings. The quantitative estimate of drug-likeness (QED) is 0.921. The average Bonchev–Trinajstić information content (AvgIpc) is 2.99. The molecule has 0 saturated carbocycles. The maximum atomic E-state index is 10.5. The monoisotopic (exact) mass is 299 g/mol. The Labute approximate surface area is 132 Å². The molecule has 1 N–H and O–H groups in total. The number of β-amino-alcohol motifs (C(OH)–C–C–N with tert-alkyl or cyclic N) is 1. The van der Waals surface area contributed by atoms with Gasteiger partial charge in [-0.1, -0.05) is 30.3 Å². The first-order valence-electron chi connectivity index (χ1n) is 8.20. The van der Waals surface area contributed by atoms with Gasteiger partial charge in [-0.05, 0) is 37.8 Å². The molecule has 0 unspecified atom stereocenters. The Morgan fingerprint density at radius 1 is 1.23 bits per heavy atom. The smallest absolute Gasteiger partial charge is 0.0699 e. The fourth-order valence-corrected chi connectivity index (χ4v) is 3.26. The van der Waals surface area contributed by atoms with Gasteiger partial charge in [0.15, 0.2) is 0 Å². The Hall–Kier alpha value is -1.65.